The van der Waals surface area contributed by atoms with E-state index in [1.807, 2.05) is 21.1 Å². The Morgan fingerprint density at radius 3 is 1.68 bits per heavy atom. The number of carbonyl (C=O) groups is 1. The third-order valence-corrected chi connectivity index (χ3v) is 7.10. The molecule has 5 nitrogen and oxygen atoms in total. The van der Waals surface area contributed by atoms with E-state index in [0.717, 1.165) is 24.3 Å². The minimum atomic E-state index is -4.66. The first-order valence-corrected chi connectivity index (χ1v) is 11.8. The summed E-state index contributed by atoms with van der Waals surface area (Å²) < 4.78 is 90.6. The Hall–Kier alpha value is -2.63. The molecule has 2 aromatic carbocycles. The maximum atomic E-state index is 13.5. The number of hydrogen-bond donors (Lipinski definition) is 1. The van der Waals surface area contributed by atoms with Crippen LogP contribution >= 0.6 is 0 Å². The van der Waals surface area contributed by atoms with E-state index >= 15 is 0 Å². The van der Waals surface area contributed by atoms with Crippen molar-refractivity contribution in [3.63, 3.8) is 0 Å². The summed E-state index contributed by atoms with van der Waals surface area (Å²) in [5.41, 5.74) is -5.16. The number of halogens is 6. The lowest BCUT2D eigenvalue weighted by atomic mass is 9.85. The molecule has 2 unspecified atom stereocenters. The molecule has 1 aliphatic heterocycles. The van der Waals surface area contributed by atoms with Crippen molar-refractivity contribution in [2.24, 2.45) is 0 Å². The zero-order valence-corrected chi connectivity index (χ0v) is 20.4. The molecule has 1 saturated heterocycles. The Morgan fingerprint density at radius 2 is 1.27 bits per heavy atom. The minimum Gasteiger partial charge on any atom is -0.459 e. The Labute approximate surface area is 210 Å². The lowest BCUT2D eigenvalue weighted by molar-refractivity contribution is -0.897. The summed E-state index contributed by atoms with van der Waals surface area (Å²) in [6.45, 7) is 0. The van der Waals surface area contributed by atoms with Crippen LogP contribution < -0.4 is 0 Å². The second-order valence-electron chi connectivity index (χ2n) is 10.5. The molecule has 4 atom stereocenters. The SMILES string of the molecule is C[N+](C)(C)C1C[C@H](OC(=O)C(O)(c2ccc(C(F)(F)F)cc2)c2ccc(C(F)(F)F)cc2)CC[C@H]2OC12. The second-order valence-corrected chi connectivity index (χ2v) is 10.5. The van der Waals surface area contributed by atoms with Crippen molar-refractivity contribution >= 4 is 5.97 Å². The number of ether oxygens (including phenoxy) is 2. The number of likely N-dealkylation sites (N-methyl/N-ethyl adjacent to an activating group) is 1. The summed E-state index contributed by atoms with van der Waals surface area (Å²) in [6.07, 6.45) is -8.41. The molecule has 0 aromatic heterocycles. The summed E-state index contributed by atoms with van der Waals surface area (Å²) in [6, 6.07) is 6.47. The van der Waals surface area contributed by atoms with Gasteiger partial charge in [-0.3, -0.25) is 0 Å². The van der Waals surface area contributed by atoms with Gasteiger partial charge in [-0.1, -0.05) is 24.3 Å². The predicted molar refractivity (Wildman–Crippen MR) is 120 cm³/mol. The number of esters is 1. The zero-order valence-electron chi connectivity index (χ0n) is 20.4. The summed E-state index contributed by atoms with van der Waals surface area (Å²) in [5.74, 6) is -1.17. The van der Waals surface area contributed by atoms with Gasteiger partial charge in [0.05, 0.1) is 38.4 Å². The Morgan fingerprint density at radius 1 is 0.838 bits per heavy atom. The van der Waals surface area contributed by atoms with Crippen LogP contribution in [0.3, 0.4) is 0 Å². The number of fused-ring (bicyclic) bond motifs is 1. The highest BCUT2D eigenvalue weighted by Gasteiger charge is 2.54. The van der Waals surface area contributed by atoms with Gasteiger partial charge >= 0.3 is 18.3 Å². The van der Waals surface area contributed by atoms with Crippen LogP contribution in [0.15, 0.2) is 48.5 Å². The number of aliphatic hydroxyl groups is 1. The van der Waals surface area contributed by atoms with E-state index in [4.69, 9.17) is 9.47 Å². The third-order valence-electron chi connectivity index (χ3n) is 7.10. The van der Waals surface area contributed by atoms with Crippen molar-refractivity contribution in [1.29, 1.82) is 0 Å². The van der Waals surface area contributed by atoms with Gasteiger partial charge in [0, 0.05) is 6.42 Å². The maximum absolute atomic E-state index is 13.5. The fraction of sp³-hybridized carbons (Fsp3) is 0.500. The van der Waals surface area contributed by atoms with Crippen LogP contribution in [-0.4, -0.2) is 61.1 Å². The van der Waals surface area contributed by atoms with Gasteiger partial charge in [-0.15, -0.1) is 0 Å². The van der Waals surface area contributed by atoms with E-state index in [2.05, 4.69) is 0 Å². The first-order valence-electron chi connectivity index (χ1n) is 11.8. The van der Waals surface area contributed by atoms with Crippen molar-refractivity contribution in [1.82, 2.24) is 0 Å². The fourth-order valence-electron chi connectivity index (χ4n) is 4.90. The molecule has 1 saturated carbocycles. The Kier molecular flexibility index (Phi) is 6.88. The van der Waals surface area contributed by atoms with Crippen LogP contribution in [-0.2, 0) is 32.2 Å². The van der Waals surface area contributed by atoms with Gasteiger partial charge in [0.25, 0.3) is 0 Å². The van der Waals surface area contributed by atoms with E-state index in [9.17, 15) is 36.2 Å². The summed E-state index contributed by atoms with van der Waals surface area (Å²) in [4.78, 5) is 13.5. The maximum Gasteiger partial charge on any atom is 0.416 e. The van der Waals surface area contributed by atoms with E-state index < -0.39 is 41.2 Å². The first-order chi connectivity index (χ1) is 17.0. The molecule has 37 heavy (non-hydrogen) atoms. The van der Waals surface area contributed by atoms with Crippen LogP contribution in [0.25, 0.3) is 0 Å². The molecule has 4 rings (SSSR count). The van der Waals surface area contributed by atoms with Crippen molar-refractivity contribution in [2.45, 2.75) is 61.6 Å². The van der Waals surface area contributed by atoms with Gasteiger partial charge in [0.2, 0.25) is 5.60 Å². The molecule has 2 aliphatic rings. The smallest absolute Gasteiger partial charge is 0.416 e. The van der Waals surface area contributed by atoms with Crippen LogP contribution in [0.2, 0.25) is 0 Å². The van der Waals surface area contributed by atoms with Crippen molar-refractivity contribution < 1.29 is 50.2 Å². The molecule has 1 aliphatic carbocycles. The van der Waals surface area contributed by atoms with Crippen molar-refractivity contribution in [3.05, 3.63) is 70.8 Å². The van der Waals surface area contributed by atoms with E-state index in [0.29, 0.717) is 48.0 Å². The second kappa shape index (κ2) is 9.28. The number of alkyl halides is 6. The predicted octanol–water partition coefficient (Wildman–Crippen LogP) is 4.90. The van der Waals surface area contributed by atoms with E-state index in [-0.39, 0.29) is 29.4 Å². The number of quaternary nitrogens is 1. The number of benzene rings is 2. The highest BCUT2D eigenvalue weighted by atomic mass is 19.4. The number of carbonyl (C=O) groups excluding carboxylic acids is 1. The summed E-state index contributed by atoms with van der Waals surface area (Å²) >= 11 is 0. The van der Waals surface area contributed by atoms with E-state index in [1.165, 1.54) is 0 Å². The highest BCUT2D eigenvalue weighted by molar-refractivity contribution is 5.85. The Bertz CT molecular complexity index is 1060. The quantitative estimate of drug-likeness (QED) is 0.258. The molecule has 202 valence electrons. The van der Waals surface area contributed by atoms with Crippen LogP contribution in [0.4, 0.5) is 26.3 Å². The summed E-state index contributed by atoms with van der Waals surface area (Å²) in [5, 5.41) is 11.6. The number of hydrogen-bond acceptors (Lipinski definition) is 4. The van der Waals surface area contributed by atoms with Gasteiger partial charge in [-0.25, -0.2) is 4.79 Å². The normalized spacial score (nSPS) is 24.7. The molecule has 11 heteroatoms. The van der Waals surface area contributed by atoms with E-state index in [1.54, 1.807) is 0 Å². The van der Waals surface area contributed by atoms with Gasteiger partial charge in [-0.05, 0) is 48.2 Å². The molecular formula is C26H28F6NO4+. The molecule has 2 aromatic rings. The van der Waals surface area contributed by atoms with Crippen molar-refractivity contribution in [2.75, 3.05) is 21.1 Å². The highest BCUT2D eigenvalue weighted by Crippen LogP contribution is 2.41. The topological polar surface area (TPSA) is 59.1 Å². The number of epoxide rings is 1. The van der Waals surface area contributed by atoms with Crippen LogP contribution in [0, 0.1) is 0 Å². The molecule has 0 radical (unpaired) electrons. The van der Waals surface area contributed by atoms with Crippen LogP contribution in [0.5, 0.6) is 0 Å². The fourth-order valence-corrected chi connectivity index (χ4v) is 4.90. The molecule has 1 N–H and O–H groups in total. The lowest BCUT2D eigenvalue weighted by Crippen LogP contribution is -2.50. The standard InChI is InChI=1S/C26H28F6NO4/c1-33(2,3)20-14-19(12-13-21-22(20)37-21)36-23(34)24(35,15-4-8-17(9-5-15)25(27,28)29)16-6-10-18(11-7-16)26(30,31)32/h4-11,19-22,35H,12-14H2,1-3H3/q+1/t19-,20?,21-,22?/m1/s1. The minimum absolute atomic E-state index is 0.00414. The van der Waals surface area contributed by atoms with Crippen molar-refractivity contribution in [3.8, 4) is 0 Å². The third kappa shape index (κ3) is 5.63. The summed E-state index contributed by atoms with van der Waals surface area (Å²) in [7, 11) is 5.94. The Balaban J connectivity index is 1.68. The number of rotatable bonds is 5. The van der Waals surface area contributed by atoms with Gasteiger partial charge in [0.15, 0.2) is 0 Å². The molecular weight excluding hydrogens is 504 g/mol. The van der Waals surface area contributed by atoms with Gasteiger partial charge in [-0.2, -0.15) is 26.3 Å². The van der Waals surface area contributed by atoms with Gasteiger partial charge in [0.1, 0.15) is 18.2 Å². The molecule has 0 amide bonds. The lowest BCUT2D eigenvalue weighted by Gasteiger charge is -2.35. The average Bonchev–Trinajstić information content (AvgIpc) is 3.58. The van der Waals surface area contributed by atoms with Crippen LogP contribution in [0.1, 0.15) is 41.5 Å². The molecule has 0 bridgehead atoms. The monoisotopic (exact) mass is 532 g/mol. The molecule has 2 fully saturated rings. The molecule has 1 heterocycles. The largest absolute Gasteiger partial charge is 0.459 e. The first kappa shape index (κ1) is 27.4. The average molecular weight is 533 g/mol. The van der Waals surface area contributed by atoms with Gasteiger partial charge < -0.3 is 19.1 Å². The zero-order chi connectivity index (χ0) is 27.4. The number of nitrogens with zero attached hydrogens (tertiary/aromatic N) is 1. The molecule has 0 spiro atoms.